The van der Waals surface area contributed by atoms with Gasteiger partial charge in [0.1, 0.15) is 18.3 Å². The molecule has 2 amide bonds. The number of nitrogens with zero attached hydrogens (tertiary/aromatic N) is 1. The van der Waals surface area contributed by atoms with Gasteiger partial charge in [-0.2, -0.15) is 0 Å². The zero-order chi connectivity index (χ0) is 20.0. The first kappa shape index (κ1) is 21.3. The first-order valence-electron chi connectivity index (χ1n) is 9.06. The van der Waals surface area contributed by atoms with Crippen LogP contribution in [-0.2, 0) is 9.53 Å². The number of aryl methyl sites for hydroxylation is 1. The van der Waals surface area contributed by atoms with Gasteiger partial charge in [0.15, 0.2) is 0 Å². The highest BCUT2D eigenvalue weighted by molar-refractivity contribution is 5.94. The van der Waals surface area contributed by atoms with E-state index in [1.54, 1.807) is 12.1 Å². The van der Waals surface area contributed by atoms with Crippen LogP contribution in [0.25, 0.3) is 0 Å². The van der Waals surface area contributed by atoms with E-state index in [1.807, 2.05) is 38.1 Å². The first-order valence-corrected chi connectivity index (χ1v) is 9.06. The van der Waals surface area contributed by atoms with Crippen LogP contribution in [0.15, 0.2) is 24.3 Å². The fourth-order valence-electron chi connectivity index (χ4n) is 2.84. The van der Waals surface area contributed by atoms with E-state index in [0.29, 0.717) is 18.7 Å². The lowest BCUT2D eigenvalue weighted by Crippen LogP contribution is -2.40. The van der Waals surface area contributed by atoms with E-state index in [1.165, 1.54) is 0 Å². The lowest BCUT2D eigenvalue weighted by molar-refractivity contribution is -0.125. The van der Waals surface area contributed by atoms with Crippen molar-refractivity contribution in [2.75, 3.05) is 33.7 Å². The Morgan fingerprint density at radius 1 is 1.07 bits per heavy atom. The van der Waals surface area contributed by atoms with Gasteiger partial charge in [0.2, 0.25) is 5.91 Å². The second-order valence-corrected chi connectivity index (χ2v) is 7.13. The van der Waals surface area contributed by atoms with E-state index in [4.69, 9.17) is 4.74 Å². The molecule has 0 radical (unpaired) electrons. The Morgan fingerprint density at radius 2 is 1.70 bits per heavy atom. The van der Waals surface area contributed by atoms with E-state index in [-0.39, 0.29) is 24.8 Å². The van der Waals surface area contributed by atoms with Crippen molar-refractivity contribution < 1.29 is 24.5 Å². The Labute approximate surface area is 159 Å². The number of benzene rings is 1. The standard InChI is InChI=1S/C19H29N3O5/c1-12-4-6-13(7-5-12)19(26)21-11-15-18(25)17(24)14(27-15)10-16(23)20-8-9-22(2)3/h4-7,14-15,17-18,24-25H,8-11H2,1-3H3,(H,20,23)(H,21,26)/t14-,15+,17-,18+/m0/s1. The number of carbonyl (C=O) groups is 2. The number of rotatable bonds is 8. The highest BCUT2D eigenvalue weighted by atomic mass is 16.5. The molecule has 1 fully saturated rings. The average molecular weight is 379 g/mol. The molecular formula is C19H29N3O5. The van der Waals surface area contributed by atoms with Gasteiger partial charge in [0.25, 0.3) is 5.91 Å². The Morgan fingerprint density at radius 3 is 2.33 bits per heavy atom. The van der Waals surface area contributed by atoms with E-state index >= 15 is 0 Å². The molecule has 1 heterocycles. The summed E-state index contributed by atoms with van der Waals surface area (Å²) < 4.78 is 5.60. The lowest BCUT2D eigenvalue weighted by atomic mass is 10.1. The summed E-state index contributed by atoms with van der Waals surface area (Å²) in [4.78, 5) is 26.0. The topological polar surface area (TPSA) is 111 Å². The monoisotopic (exact) mass is 379 g/mol. The molecule has 4 atom stereocenters. The molecule has 0 saturated carbocycles. The van der Waals surface area contributed by atoms with Crippen LogP contribution in [0.2, 0.25) is 0 Å². The quantitative estimate of drug-likeness (QED) is 0.475. The summed E-state index contributed by atoms with van der Waals surface area (Å²) in [5.74, 6) is -0.539. The number of aliphatic hydroxyl groups excluding tert-OH is 2. The van der Waals surface area contributed by atoms with Crippen LogP contribution in [-0.4, -0.2) is 85.1 Å². The van der Waals surface area contributed by atoms with Crippen molar-refractivity contribution in [3.63, 3.8) is 0 Å². The molecular weight excluding hydrogens is 350 g/mol. The van der Waals surface area contributed by atoms with Gasteiger partial charge in [-0.05, 0) is 33.2 Å². The average Bonchev–Trinajstić information content (AvgIpc) is 2.88. The van der Waals surface area contributed by atoms with Crippen molar-refractivity contribution in [3.8, 4) is 0 Å². The molecule has 150 valence electrons. The maximum Gasteiger partial charge on any atom is 0.251 e. The third-order valence-electron chi connectivity index (χ3n) is 4.51. The van der Waals surface area contributed by atoms with Gasteiger partial charge in [-0.15, -0.1) is 0 Å². The molecule has 4 N–H and O–H groups in total. The molecule has 1 aromatic carbocycles. The Bertz CT molecular complexity index is 635. The van der Waals surface area contributed by atoms with E-state index in [2.05, 4.69) is 10.6 Å². The molecule has 0 aromatic heterocycles. The van der Waals surface area contributed by atoms with Gasteiger partial charge < -0.3 is 30.5 Å². The third kappa shape index (κ3) is 6.28. The predicted molar refractivity (Wildman–Crippen MR) is 100 cm³/mol. The number of hydrogen-bond donors (Lipinski definition) is 4. The van der Waals surface area contributed by atoms with E-state index in [9.17, 15) is 19.8 Å². The summed E-state index contributed by atoms with van der Waals surface area (Å²) >= 11 is 0. The summed E-state index contributed by atoms with van der Waals surface area (Å²) in [5, 5.41) is 25.7. The fraction of sp³-hybridized carbons (Fsp3) is 0.579. The SMILES string of the molecule is Cc1ccc(C(=O)NC[C@H]2O[C@@H](CC(=O)NCCN(C)C)[C@H](O)[C@@H]2O)cc1. The summed E-state index contributed by atoms with van der Waals surface area (Å²) in [6, 6.07) is 7.10. The van der Waals surface area contributed by atoms with Gasteiger partial charge in [0.05, 0.1) is 12.5 Å². The van der Waals surface area contributed by atoms with Crippen molar-refractivity contribution in [3.05, 3.63) is 35.4 Å². The van der Waals surface area contributed by atoms with E-state index in [0.717, 1.165) is 5.56 Å². The maximum atomic E-state index is 12.2. The summed E-state index contributed by atoms with van der Waals surface area (Å²) in [7, 11) is 3.81. The number of hydrogen-bond acceptors (Lipinski definition) is 6. The van der Waals surface area contributed by atoms with Gasteiger partial charge in [0, 0.05) is 25.2 Å². The van der Waals surface area contributed by atoms with Crippen molar-refractivity contribution >= 4 is 11.8 Å². The number of nitrogens with one attached hydrogen (secondary N) is 2. The molecule has 0 bridgehead atoms. The maximum absolute atomic E-state index is 12.2. The minimum atomic E-state index is -1.18. The highest BCUT2D eigenvalue weighted by Crippen LogP contribution is 2.23. The van der Waals surface area contributed by atoms with Crippen LogP contribution < -0.4 is 10.6 Å². The van der Waals surface area contributed by atoms with Crippen molar-refractivity contribution in [2.45, 2.75) is 37.8 Å². The summed E-state index contributed by atoms with van der Waals surface area (Å²) in [5.41, 5.74) is 1.56. The Balaban J connectivity index is 1.80. The molecule has 1 aliphatic rings. The van der Waals surface area contributed by atoms with Gasteiger partial charge in [-0.25, -0.2) is 0 Å². The van der Waals surface area contributed by atoms with Crippen LogP contribution >= 0.6 is 0 Å². The number of ether oxygens (including phenoxy) is 1. The second kappa shape index (κ2) is 9.80. The van der Waals surface area contributed by atoms with Crippen LogP contribution in [0.5, 0.6) is 0 Å². The van der Waals surface area contributed by atoms with Crippen LogP contribution in [0.1, 0.15) is 22.3 Å². The fourth-order valence-corrected chi connectivity index (χ4v) is 2.84. The van der Waals surface area contributed by atoms with Crippen LogP contribution in [0.4, 0.5) is 0 Å². The molecule has 0 spiro atoms. The summed E-state index contributed by atoms with van der Waals surface area (Å²) in [6.45, 7) is 3.18. The molecule has 8 heteroatoms. The van der Waals surface area contributed by atoms with Crippen LogP contribution in [0.3, 0.4) is 0 Å². The van der Waals surface area contributed by atoms with Crippen molar-refractivity contribution in [1.29, 1.82) is 0 Å². The van der Waals surface area contributed by atoms with Gasteiger partial charge >= 0.3 is 0 Å². The lowest BCUT2D eigenvalue weighted by Gasteiger charge is -2.15. The molecule has 1 aliphatic heterocycles. The van der Waals surface area contributed by atoms with Crippen LogP contribution in [0, 0.1) is 6.92 Å². The molecule has 2 rings (SSSR count). The van der Waals surface area contributed by atoms with Gasteiger partial charge in [-0.1, -0.05) is 17.7 Å². The zero-order valence-corrected chi connectivity index (χ0v) is 16.0. The van der Waals surface area contributed by atoms with Crippen molar-refractivity contribution in [1.82, 2.24) is 15.5 Å². The number of aliphatic hydroxyl groups is 2. The first-order chi connectivity index (χ1) is 12.8. The summed E-state index contributed by atoms with van der Waals surface area (Å²) in [6.07, 6.45) is -3.96. The highest BCUT2D eigenvalue weighted by Gasteiger charge is 2.43. The predicted octanol–water partition coefficient (Wildman–Crippen LogP) is -0.718. The second-order valence-electron chi connectivity index (χ2n) is 7.13. The normalized spacial score (nSPS) is 24.8. The number of amides is 2. The zero-order valence-electron chi connectivity index (χ0n) is 16.0. The number of carbonyl (C=O) groups excluding carboxylic acids is 2. The van der Waals surface area contributed by atoms with E-state index < -0.39 is 24.4 Å². The number of likely N-dealkylation sites (N-methyl/N-ethyl adjacent to an activating group) is 1. The Hall–Kier alpha value is -2.00. The molecule has 1 saturated heterocycles. The molecule has 1 aromatic rings. The van der Waals surface area contributed by atoms with Crippen molar-refractivity contribution in [2.24, 2.45) is 0 Å². The van der Waals surface area contributed by atoms with Gasteiger partial charge in [-0.3, -0.25) is 9.59 Å². The smallest absolute Gasteiger partial charge is 0.251 e. The molecule has 8 nitrogen and oxygen atoms in total. The third-order valence-corrected chi connectivity index (χ3v) is 4.51. The molecule has 0 unspecified atom stereocenters. The minimum Gasteiger partial charge on any atom is -0.388 e. The Kier molecular flexibility index (Phi) is 7.73. The molecule has 27 heavy (non-hydrogen) atoms. The minimum absolute atomic E-state index is 0.0453. The largest absolute Gasteiger partial charge is 0.388 e. The molecule has 0 aliphatic carbocycles.